The second-order valence-electron chi connectivity index (χ2n) is 6.56. The minimum absolute atomic E-state index is 0.0509. The quantitative estimate of drug-likeness (QED) is 0.478. The summed E-state index contributed by atoms with van der Waals surface area (Å²) in [7, 11) is 0. The molecule has 134 valence electrons. The lowest BCUT2D eigenvalue weighted by molar-refractivity contribution is -0.385. The van der Waals surface area contributed by atoms with E-state index in [1.165, 1.54) is 6.07 Å². The van der Waals surface area contributed by atoms with Crippen LogP contribution < -0.4 is 0 Å². The van der Waals surface area contributed by atoms with Gasteiger partial charge in [0.15, 0.2) is 5.78 Å². The molecule has 0 radical (unpaired) electrons. The molecule has 0 unspecified atom stereocenters. The molecular formula is C20H20N2O4. The number of nitrogens with zero attached hydrogens (tertiary/aromatic N) is 2. The van der Waals surface area contributed by atoms with E-state index >= 15 is 0 Å². The fourth-order valence-corrected chi connectivity index (χ4v) is 3.30. The van der Waals surface area contributed by atoms with E-state index in [1.54, 1.807) is 24.0 Å². The molecule has 1 heterocycles. The van der Waals surface area contributed by atoms with E-state index in [-0.39, 0.29) is 23.3 Å². The van der Waals surface area contributed by atoms with Crippen LogP contribution in [0.25, 0.3) is 0 Å². The smallest absolute Gasteiger partial charge is 0.273 e. The molecule has 0 aliphatic carbocycles. The monoisotopic (exact) mass is 352 g/mol. The molecule has 6 nitrogen and oxygen atoms in total. The summed E-state index contributed by atoms with van der Waals surface area (Å²) >= 11 is 0. The molecule has 0 N–H and O–H groups in total. The molecule has 0 bridgehead atoms. The lowest BCUT2D eigenvalue weighted by Gasteiger charge is -2.31. The second kappa shape index (κ2) is 7.47. The number of carbonyl (C=O) groups excluding carboxylic acids is 2. The third-order valence-corrected chi connectivity index (χ3v) is 4.86. The normalized spacial score (nSPS) is 14.9. The number of rotatable bonds is 4. The van der Waals surface area contributed by atoms with Crippen LogP contribution >= 0.6 is 0 Å². The summed E-state index contributed by atoms with van der Waals surface area (Å²) in [5, 5.41) is 11.1. The maximum absolute atomic E-state index is 12.7. The van der Waals surface area contributed by atoms with Crippen LogP contribution in [0.15, 0.2) is 48.5 Å². The van der Waals surface area contributed by atoms with Gasteiger partial charge in [-0.3, -0.25) is 19.7 Å². The van der Waals surface area contributed by atoms with Crippen LogP contribution in [0.5, 0.6) is 0 Å². The van der Waals surface area contributed by atoms with Crippen molar-refractivity contribution in [3.63, 3.8) is 0 Å². The number of ketones is 1. The van der Waals surface area contributed by atoms with E-state index in [2.05, 4.69) is 0 Å². The first-order chi connectivity index (χ1) is 12.5. The molecule has 1 amide bonds. The van der Waals surface area contributed by atoms with Crippen LogP contribution in [-0.2, 0) is 0 Å². The van der Waals surface area contributed by atoms with E-state index < -0.39 is 4.92 Å². The lowest BCUT2D eigenvalue weighted by Crippen LogP contribution is -2.40. The van der Waals surface area contributed by atoms with Crippen LogP contribution in [0, 0.1) is 23.0 Å². The van der Waals surface area contributed by atoms with Gasteiger partial charge in [0.2, 0.25) is 0 Å². The van der Waals surface area contributed by atoms with Gasteiger partial charge >= 0.3 is 0 Å². The highest BCUT2D eigenvalue weighted by Crippen LogP contribution is 2.25. The number of likely N-dealkylation sites (tertiary alicyclic amines) is 1. The molecule has 2 aromatic carbocycles. The molecule has 0 atom stereocenters. The molecule has 2 aromatic rings. The molecule has 1 fully saturated rings. The van der Waals surface area contributed by atoms with Crippen LogP contribution in [-0.4, -0.2) is 34.6 Å². The van der Waals surface area contributed by atoms with Crippen LogP contribution in [0.2, 0.25) is 0 Å². The molecule has 26 heavy (non-hydrogen) atoms. The van der Waals surface area contributed by atoms with E-state index in [0.717, 1.165) is 0 Å². The van der Waals surface area contributed by atoms with Crippen molar-refractivity contribution in [2.45, 2.75) is 19.8 Å². The van der Waals surface area contributed by atoms with E-state index in [9.17, 15) is 19.7 Å². The van der Waals surface area contributed by atoms with Gasteiger partial charge in [-0.15, -0.1) is 0 Å². The number of amides is 1. The molecule has 3 rings (SSSR count). The van der Waals surface area contributed by atoms with Crippen molar-refractivity contribution < 1.29 is 14.5 Å². The van der Waals surface area contributed by atoms with Gasteiger partial charge in [0, 0.05) is 41.8 Å². The number of nitro groups is 1. The minimum atomic E-state index is -0.475. The Morgan fingerprint density at radius 2 is 1.69 bits per heavy atom. The Morgan fingerprint density at radius 3 is 2.31 bits per heavy atom. The number of carbonyl (C=O) groups is 2. The molecule has 1 aliphatic rings. The first kappa shape index (κ1) is 17.8. The van der Waals surface area contributed by atoms with Crippen molar-refractivity contribution in [2.24, 2.45) is 5.92 Å². The fraction of sp³-hybridized carbons (Fsp3) is 0.300. The number of benzene rings is 2. The Balaban J connectivity index is 1.66. The van der Waals surface area contributed by atoms with Gasteiger partial charge in [0.1, 0.15) is 0 Å². The highest BCUT2D eigenvalue weighted by atomic mass is 16.6. The van der Waals surface area contributed by atoms with Crippen LogP contribution in [0.4, 0.5) is 5.69 Å². The zero-order valence-electron chi connectivity index (χ0n) is 14.6. The predicted octanol–water partition coefficient (Wildman–Crippen LogP) is 3.64. The molecule has 0 spiro atoms. The van der Waals surface area contributed by atoms with Crippen molar-refractivity contribution in [2.75, 3.05) is 13.1 Å². The van der Waals surface area contributed by atoms with E-state index in [4.69, 9.17) is 0 Å². The molecule has 0 aromatic heterocycles. The Labute approximate surface area is 151 Å². The average Bonchev–Trinajstić information content (AvgIpc) is 2.68. The van der Waals surface area contributed by atoms with Crippen LogP contribution in [0.1, 0.15) is 39.1 Å². The SMILES string of the molecule is Cc1ccc(C(=O)N2CCC(C(=O)c3ccccc3)CC2)cc1[N+](=O)[O-]. The summed E-state index contributed by atoms with van der Waals surface area (Å²) in [5.41, 5.74) is 1.49. The van der Waals surface area contributed by atoms with Crippen molar-refractivity contribution in [3.8, 4) is 0 Å². The van der Waals surface area contributed by atoms with Crippen LogP contribution in [0.3, 0.4) is 0 Å². The second-order valence-corrected chi connectivity index (χ2v) is 6.56. The number of hydrogen-bond donors (Lipinski definition) is 0. The topological polar surface area (TPSA) is 80.5 Å². The first-order valence-corrected chi connectivity index (χ1v) is 8.61. The highest BCUT2D eigenvalue weighted by molar-refractivity contribution is 5.98. The highest BCUT2D eigenvalue weighted by Gasteiger charge is 2.29. The Hall–Kier alpha value is -3.02. The van der Waals surface area contributed by atoms with Gasteiger partial charge in [-0.2, -0.15) is 0 Å². The summed E-state index contributed by atoms with van der Waals surface area (Å²) in [5.74, 6) is -0.198. The van der Waals surface area contributed by atoms with E-state index in [0.29, 0.717) is 42.6 Å². The first-order valence-electron chi connectivity index (χ1n) is 8.61. The molecule has 0 saturated carbocycles. The predicted molar refractivity (Wildman–Crippen MR) is 97.2 cm³/mol. The van der Waals surface area contributed by atoms with Crippen molar-refractivity contribution in [1.29, 1.82) is 0 Å². The maximum atomic E-state index is 12.7. The van der Waals surface area contributed by atoms with Gasteiger partial charge < -0.3 is 4.90 Å². The van der Waals surface area contributed by atoms with Gasteiger partial charge in [-0.05, 0) is 25.8 Å². The summed E-state index contributed by atoms with van der Waals surface area (Å²) in [6, 6.07) is 13.7. The molecule has 1 aliphatic heterocycles. The number of piperidine rings is 1. The third-order valence-electron chi connectivity index (χ3n) is 4.86. The van der Waals surface area contributed by atoms with Crippen molar-refractivity contribution in [3.05, 3.63) is 75.3 Å². The largest absolute Gasteiger partial charge is 0.339 e. The zero-order chi connectivity index (χ0) is 18.7. The van der Waals surface area contributed by atoms with Crippen molar-refractivity contribution in [1.82, 2.24) is 4.90 Å². The summed E-state index contributed by atoms with van der Waals surface area (Å²) in [4.78, 5) is 37.4. The van der Waals surface area contributed by atoms with E-state index in [1.807, 2.05) is 30.3 Å². The minimum Gasteiger partial charge on any atom is -0.339 e. The Morgan fingerprint density at radius 1 is 1.04 bits per heavy atom. The molecule has 1 saturated heterocycles. The summed E-state index contributed by atoms with van der Waals surface area (Å²) < 4.78 is 0. The number of nitro benzene ring substituents is 1. The Kier molecular flexibility index (Phi) is 5.11. The fourth-order valence-electron chi connectivity index (χ4n) is 3.30. The standard InChI is InChI=1S/C20H20N2O4/c1-14-7-8-17(13-18(14)22(25)26)20(24)21-11-9-16(10-12-21)19(23)15-5-3-2-4-6-15/h2-8,13,16H,9-12H2,1H3. The number of Topliss-reactive ketones (excluding diaryl/α,β-unsaturated/α-hetero) is 1. The molecular weight excluding hydrogens is 332 g/mol. The molecule has 6 heteroatoms. The summed E-state index contributed by atoms with van der Waals surface area (Å²) in [6.07, 6.45) is 1.21. The lowest BCUT2D eigenvalue weighted by atomic mass is 9.88. The summed E-state index contributed by atoms with van der Waals surface area (Å²) in [6.45, 7) is 2.60. The Bertz CT molecular complexity index is 840. The van der Waals surface area contributed by atoms with Gasteiger partial charge in [0.25, 0.3) is 11.6 Å². The van der Waals surface area contributed by atoms with Gasteiger partial charge in [-0.1, -0.05) is 36.4 Å². The number of hydrogen-bond acceptors (Lipinski definition) is 4. The maximum Gasteiger partial charge on any atom is 0.273 e. The average molecular weight is 352 g/mol. The van der Waals surface area contributed by atoms with Gasteiger partial charge in [-0.25, -0.2) is 0 Å². The zero-order valence-corrected chi connectivity index (χ0v) is 14.6. The third kappa shape index (κ3) is 3.64. The van der Waals surface area contributed by atoms with Gasteiger partial charge in [0.05, 0.1) is 4.92 Å². The number of aryl methyl sites for hydroxylation is 1. The van der Waals surface area contributed by atoms with Crippen molar-refractivity contribution >= 4 is 17.4 Å².